The maximum Gasteiger partial charge on any atom is 0.174 e. The van der Waals surface area contributed by atoms with E-state index in [1.165, 1.54) is 0 Å². The fraction of sp³-hybridized carbons (Fsp3) is 0.533. The molecular weight excluding hydrogens is 240 g/mol. The van der Waals surface area contributed by atoms with Gasteiger partial charge in [-0.1, -0.05) is 12.1 Å². The Balaban J connectivity index is 1.90. The minimum atomic E-state index is 0.0573. The summed E-state index contributed by atoms with van der Waals surface area (Å²) in [6.45, 7) is 4.70. The van der Waals surface area contributed by atoms with Gasteiger partial charge in [0.25, 0.3) is 0 Å². The Morgan fingerprint density at radius 2 is 2.42 bits per heavy atom. The molecule has 1 heterocycles. The van der Waals surface area contributed by atoms with Crippen LogP contribution in [-0.2, 0) is 11.3 Å². The van der Waals surface area contributed by atoms with Crippen LogP contribution in [0, 0.1) is 11.3 Å². The highest BCUT2D eigenvalue weighted by Gasteiger charge is 2.26. The molecule has 4 nitrogen and oxygen atoms in total. The van der Waals surface area contributed by atoms with E-state index in [-0.39, 0.29) is 12.1 Å². The number of ether oxygens (including phenoxy) is 2. The Morgan fingerprint density at radius 3 is 3.16 bits per heavy atom. The number of benzene rings is 1. The van der Waals surface area contributed by atoms with Crippen molar-refractivity contribution < 1.29 is 9.47 Å². The summed E-state index contributed by atoms with van der Waals surface area (Å²) in [5.41, 5.74) is 1.21. The molecule has 0 saturated carbocycles. The molecule has 1 aliphatic heterocycles. The van der Waals surface area contributed by atoms with Crippen molar-refractivity contribution >= 4 is 0 Å². The molecule has 0 aliphatic carbocycles. The first-order valence-electron chi connectivity index (χ1n) is 6.63. The predicted octanol–water partition coefficient (Wildman–Crippen LogP) is 2.25. The molecule has 102 valence electrons. The van der Waals surface area contributed by atoms with Gasteiger partial charge in [-0.2, -0.15) is 5.26 Å². The van der Waals surface area contributed by atoms with Gasteiger partial charge in [-0.25, -0.2) is 0 Å². The second-order valence-electron chi connectivity index (χ2n) is 5.16. The van der Waals surface area contributed by atoms with Crippen molar-refractivity contribution in [3.63, 3.8) is 0 Å². The summed E-state index contributed by atoms with van der Waals surface area (Å²) < 4.78 is 10.8. The summed E-state index contributed by atoms with van der Waals surface area (Å²) in [6.07, 6.45) is 2.24. The summed E-state index contributed by atoms with van der Waals surface area (Å²) in [4.78, 5) is 0. The highest BCUT2D eigenvalue weighted by molar-refractivity contribution is 5.28. The Kier molecular flexibility index (Phi) is 4.78. The summed E-state index contributed by atoms with van der Waals surface area (Å²) in [5.74, 6) is 0.742. The lowest BCUT2D eigenvalue weighted by molar-refractivity contribution is 0.0278. The molecular formula is C15H20N2O2. The molecule has 1 N–H and O–H groups in total. The van der Waals surface area contributed by atoms with Crippen LogP contribution in [0.3, 0.4) is 0 Å². The summed E-state index contributed by atoms with van der Waals surface area (Å²) in [5, 5.41) is 12.1. The third-order valence-electron chi connectivity index (χ3n) is 3.36. The molecule has 1 saturated heterocycles. The molecule has 0 spiro atoms. The average Bonchev–Trinajstić information content (AvgIpc) is 2.44. The Morgan fingerprint density at radius 1 is 1.53 bits per heavy atom. The largest absolute Gasteiger partial charge is 0.479 e. The monoisotopic (exact) mass is 260 g/mol. The highest BCUT2D eigenvalue weighted by Crippen LogP contribution is 2.20. The second kappa shape index (κ2) is 6.55. The standard InChI is InChI=1S/C15H20N2O2/c1-15(6-3-8-18-12-15)17-11-13-4-2-5-14(10-13)19-9-7-16/h2,4-5,10,17H,3,6,8-9,11-12H2,1H3. The van der Waals surface area contributed by atoms with Gasteiger partial charge in [0.15, 0.2) is 6.61 Å². The van der Waals surface area contributed by atoms with Crippen molar-refractivity contribution in [3.8, 4) is 11.8 Å². The van der Waals surface area contributed by atoms with E-state index in [4.69, 9.17) is 14.7 Å². The summed E-state index contributed by atoms with van der Waals surface area (Å²) >= 11 is 0. The molecule has 1 unspecified atom stereocenters. The van der Waals surface area contributed by atoms with Gasteiger partial charge in [-0.15, -0.1) is 0 Å². The molecule has 0 bridgehead atoms. The lowest BCUT2D eigenvalue weighted by atomic mass is 9.94. The van der Waals surface area contributed by atoms with Gasteiger partial charge in [-0.3, -0.25) is 0 Å². The van der Waals surface area contributed by atoms with Gasteiger partial charge in [0.2, 0.25) is 0 Å². The molecule has 0 radical (unpaired) electrons. The summed E-state index contributed by atoms with van der Waals surface area (Å²) in [6, 6.07) is 9.81. The SMILES string of the molecule is CC1(NCc2cccc(OCC#N)c2)CCCOC1. The van der Waals surface area contributed by atoms with Crippen LogP contribution < -0.4 is 10.1 Å². The van der Waals surface area contributed by atoms with Crippen LogP contribution in [0.2, 0.25) is 0 Å². The van der Waals surface area contributed by atoms with Crippen molar-refractivity contribution in [3.05, 3.63) is 29.8 Å². The van der Waals surface area contributed by atoms with Crippen molar-refractivity contribution in [2.75, 3.05) is 19.8 Å². The molecule has 1 atom stereocenters. The first-order chi connectivity index (χ1) is 9.22. The quantitative estimate of drug-likeness (QED) is 0.882. The number of nitrogens with zero attached hydrogens (tertiary/aromatic N) is 1. The van der Waals surface area contributed by atoms with E-state index in [1.54, 1.807) is 0 Å². The van der Waals surface area contributed by atoms with E-state index in [1.807, 2.05) is 24.3 Å². The molecule has 2 rings (SSSR count). The first kappa shape index (κ1) is 13.9. The van der Waals surface area contributed by atoms with Crippen molar-refractivity contribution in [2.24, 2.45) is 0 Å². The molecule has 1 aromatic rings. The van der Waals surface area contributed by atoms with Gasteiger partial charge in [0, 0.05) is 18.7 Å². The number of rotatable bonds is 5. The molecule has 19 heavy (non-hydrogen) atoms. The van der Waals surface area contributed by atoms with Crippen LogP contribution in [-0.4, -0.2) is 25.4 Å². The van der Waals surface area contributed by atoms with E-state index >= 15 is 0 Å². The fourth-order valence-electron chi connectivity index (χ4n) is 2.25. The Labute approximate surface area is 114 Å². The number of nitriles is 1. The van der Waals surface area contributed by atoms with Gasteiger partial charge < -0.3 is 14.8 Å². The maximum absolute atomic E-state index is 8.50. The zero-order chi connectivity index (χ0) is 13.6. The first-order valence-corrected chi connectivity index (χ1v) is 6.63. The fourth-order valence-corrected chi connectivity index (χ4v) is 2.25. The van der Waals surface area contributed by atoms with E-state index in [9.17, 15) is 0 Å². The Bertz CT molecular complexity index is 448. The van der Waals surface area contributed by atoms with E-state index in [0.29, 0.717) is 0 Å². The minimum absolute atomic E-state index is 0.0573. The number of nitrogens with one attached hydrogen (secondary N) is 1. The van der Waals surface area contributed by atoms with Crippen molar-refractivity contribution in [1.82, 2.24) is 5.32 Å². The molecule has 0 aromatic heterocycles. The number of hydrogen-bond acceptors (Lipinski definition) is 4. The predicted molar refractivity (Wildman–Crippen MR) is 72.8 cm³/mol. The average molecular weight is 260 g/mol. The molecule has 1 aliphatic rings. The van der Waals surface area contributed by atoms with E-state index < -0.39 is 0 Å². The third kappa shape index (κ3) is 4.23. The molecule has 1 aromatic carbocycles. The maximum atomic E-state index is 8.50. The minimum Gasteiger partial charge on any atom is -0.479 e. The van der Waals surface area contributed by atoms with E-state index in [2.05, 4.69) is 18.3 Å². The molecule has 0 amide bonds. The highest BCUT2D eigenvalue weighted by atomic mass is 16.5. The lowest BCUT2D eigenvalue weighted by Crippen LogP contribution is -2.48. The van der Waals surface area contributed by atoms with Crippen LogP contribution >= 0.6 is 0 Å². The topological polar surface area (TPSA) is 54.3 Å². The van der Waals surface area contributed by atoms with Crippen LogP contribution in [0.25, 0.3) is 0 Å². The van der Waals surface area contributed by atoms with Crippen LogP contribution in [0.1, 0.15) is 25.3 Å². The smallest absolute Gasteiger partial charge is 0.174 e. The van der Waals surface area contributed by atoms with Gasteiger partial charge >= 0.3 is 0 Å². The van der Waals surface area contributed by atoms with Gasteiger partial charge in [0.05, 0.1) is 6.61 Å². The van der Waals surface area contributed by atoms with E-state index in [0.717, 1.165) is 43.9 Å². The number of hydrogen-bond donors (Lipinski definition) is 1. The van der Waals surface area contributed by atoms with Crippen LogP contribution in [0.5, 0.6) is 5.75 Å². The zero-order valence-corrected chi connectivity index (χ0v) is 11.3. The Hall–Kier alpha value is -1.57. The van der Waals surface area contributed by atoms with Gasteiger partial charge in [0.1, 0.15) is 11.8 Å². The van der Waals surface area contributed by atoms with Crippen molar-refractivity contribution in [2.45, 2.75) is 31.8 Å². The van der Waals surface area contributed by atoms with Gasteiger partial charge in [-0.05, 0) is 37.5 Å². The normalized spacial score (nSPS) is 22.7. The molecule has 1 fully saturated rings. The second-order valence-corrected chi connectivity index (χ2v) is 5.16. The summed E-state index contributed by atoms with van der Waals surface area (Å²) in [7, 11) is 0. The zero-order valence-electron chi connectivity index (χ0n) is 11.3. The van der Waals surface area contributed by atoms with Crippen LogP contribution in [0.4, 0.5) is 0 Å². The lowest BCUT2D eigenvalue weighted by Gasteiger charge is -2.34. The van der Waals surface area contributed by atoms with Crippen LogP contribution in [0.15, 0.2) is 24.3 Å². The van der Waals surface area contributed by atoms with Crippen molar-refractivity contribution in [1.29, 1.82) is 5.26 Å². The third-order valence-corrected chi connectivity index (χ3v) is 3.36. The molecule has 4 heteroatoms.